The fourth-order valence-electron chi connectivity index (χ4n) is 2.98. The largest absolute Gasteiger partial charge is 1.00 e. The third kappa shape index (κ3) is 10.0. The van der Waals surface area contributed by atoms with Gasteiger partial charge in [-0.05, 0) is 0 Å². The lowest BCUT2D eigenvalue weighted by Gasteiger charge is -2.39. The Bertz CT molecular complexity index is 1230. The van der Waals surface area contributed by atoms with Crippen molar-refractivity contribution in [2.45, 2.75) is 83.7 Å². The van der Waals surface area contributed by atoms with Crippen molar-refractivity contribution in [1.82, 2.24) is 0 Å². The van der Waals surface area contributed by atoms with Crippen LogP contribution >= 0.6 is 11.8 Å². The second kappa shape index (κ2) is 17.2. The third-order valence-electron chi connectivity index (χ3n) is 6.23. The number of rotatable bonds is 21. The molecule has 0 heterocycles. The van der Waals surface area contributed by atoms with Gasteiger partial charge in [0.05, 0.1) is 27.1 Å². The van der Waals surface area contributed by atoms with Crippen molar-refractivity contribution >= 4 is 23.7 Å². The predicted molar refractivity (Wildman–Crippen MR) is 122 cm³/mol. The van der Waals surface area contributed by atoms with Crippen LogP contribution < -0.4 is 28.9 Å². The second-order valence-electron chi connectivity index (χ2n) is 10.5. The van der Waals surface area contributed by atoms with Gasteiger partial charge in [-0.2, -0.15) is 87.8 Å². The van der Waals surface area contributed by atoms with E-state index >= 15 is 0 Å². The monoisotopic (exact) mass is 977 g/mol. The van der Waals surface area contributed by atoms with Gasteiger partial charge in [0.1, 0.15) is 5.25 Å². The maximum atomic E-state index is 14.0. The number of ether oxygens (including phenoxy) is 2. The van der Waals surface area contributed by atoms with E-state index in [2.05, 4.69) is 9.47 Å². The summed E-state index contributed by atoms with van der Waals surface area (Å²) < 4.78 is 326. The summed E-state index contributed by atoms with van der Waals surface area (Å²) in [6.45, 7) is -7.25. The Labute approximate surface area is 300 Å². The van der Waals surface area contributed by atoms with Crippen LogP contribution in [0.15, 0.2) is 0 Å². The number of quaternary nitrogens is 1. The van der Waals surface area contributed by atoms with Crippen molar-refractivity contribution in [3.05, 3.63) is 0 Å². The number of thioether (sulfide) groups is 1. The highest BCUT2D eigenvalue weighted by molar-refractivity contribution is 8.00. The molecule has 1 N–H and O–H groups in total. The number of hydrogen-bond donors (Lipinski definition) is 1. The molecular weight excluding hydrogens is 957 g/mol. The smallest absolute Gasteiger partial charge is 0.384 e. The highest BCUT2D eigenvalue weighted by Crippen LogP contribution is 2.59. The Kier molecular flexibility index (Phi) is 17.3. The van der Waals surface area contributed by atoms with E-state index in [4.69, 9.17) is 0 Å². The zero-order valence-electron chi connectivity index (χ0n) is 25.3. The first-order valence-electron chi connectivity index (χ1n) is 12.8. The first-order valence-corrected chi connectivity index (χ1v) is 13.8. The molecular formula is C22H20F24INO4S. The minimum atomic E-state index is -8.06. The van der Waals surface area contributed by atoms with Gasteiger partial charge in [0.25, 0.3) is 0 Å². The molecule has 0 spiro atoms. The lowest BCUT2D eigenvalue weighted by Crippen LogP contribution is -3.06. The van der Waals surface area contributed by atoms with Gasteiger partial charge < -0.3 is 38.4 Å². The van der Waals surface area contributed by atoms with Crippen LogP contribution in [0.25, 0.3) is 0 Å². The Hall–Kier alpha value is -1.70. The molecule has 0 saturated carbocycles. The molecule has 1 unspecified atom stereocenters. The number of halogens is 25. The van der Waals surface area contributed by atoms with Gasteiger partial charge in [-0.3, -0.25) is 9.59 Å². The lowest BCUT2D eigenvalue weighted by molar-refractivity contribution is -0.855. The molecule has 0 radical (unpaired) electrons. The molecule has 0 aromatic heterocycles. The molecule has 318 valence electrons. The summed E-state index contributed by atoms with van der Waals surface area (Å²) in [6.07, 6.45) is -13.7. The van der Waals surface area contributed by atoms with Gasteiger partial charge in [-0.25, -0.2) is 17.6 Å². The fourth-order valence-corrected chi connectivity index (χ4v) is 4.25. The minimum absolute atomic E-state index is 0. The molecule has 0 aliphatic heterocycles. The second-order valence-corrected chi connectivity index (χ2v) is 11.8. The van der Waals surface area contributed by atoms with E-state index in [1.807, 2.05) is 0 Å². The number of alkyl halides is 24. The number of hydrogen-bond acceptors (Lipinski definition) is 5. The van der Waals surface area contributed by atoms with Gasteiger partial charge in [0, 0.05) is 5.75 Å². The number of carbonyl (C=O) groups excluding carboxylic acids is 2. The molecule has 53 heavy (non-hydrogen) atoms. The quantitative estimate of drug-likeness (QED) is 0.109. The standard InChI is InChI=1S/C22H19F24NO4S.HI/c1-47(2)3-4-52-8(10(49)51-7-14(29,30)18(37,38)22(45,46)20(41,42)16(33,34)12(25)26)5-9(48)50-6-13(27,28)17(35,36)21(43,44)19(39,40)15(31,32)11(23)24;/h8,11-12H,3-7H2,1-2H3;1H. The van der Waals surface area contributed by atoms with E-state index in [1.54, 1.807) is 0 Å². The van der Waals surface area contributed by atoms with Crippen LogP contribution in [0.2, 0.25) is 0 Å². The highest BCUT2D eigenvalue weighted by Gasteiger charge is 2.89. The van der Waals surface area contributed by atoms with E-state index in [0.29, 0.717) is 4.90 Å². The molecule has 0 aromatic carbocycles. The lowest BCUT2D eigenvalue weighted by atomic mass is 9.94. The fraction of sp³-hybridized carbons (Fsp3) is 0.909. The molecule has 0 aromatic rings. The van der Waals surface area contributed by atoms with Crippen LogP contribution in [0.3, 0.4) is 0 Å². The van der Waals surface area contributed by atoms with Crippen molar-refractivity contribution in [1.29, 1.82) is 0 Å². The van der Waals surface area contributed by atoms with Crippen LogP contribution in [-0.2, 0) is 19.1 Å². The average Bonchev–Trinajstić information content (AvgIpc) is 2.97. The molecule has 31 heteroatoms. The summed E-state index contributed by atoms with van der Waals surface area (Å²) in [5, 5.41) is -2.63. The molecule has 0 aliphatic rings. The van der Waals surface area contributed by atoms with Crippen LogP contribution in [0, 0.1) is 0 Å². The van der Waals surface area contributed by atoms with E-state index in [-0.39, 0.29) is 42.3 Å². The Balaban J connectivity index is 0. The highest BCUT2D eigenvalue weighted by atomic mass is 127. The third-order valence-corrected chi connectivity index (χ3v) is 7.43. The van der Waals surface area contributed by atoms with Gasteiger partial charge >= 0.3 is 84.0 Å². The molecule has 1 atom stereocenters. The average molecular weight is 977 g/mol. The maximum Gasteiger partial charge on any atom is 0.384 e. The number of esters is 2. The molecule has 5 nitrogen and oxygen atoms in total. The first-order chi connectivity index (χ1) is 22.7. The topological polar surface area (TPSA) is 57.0 Å². The Morgan fingerprint density at radius 1 is 0.547 bits per heavy atom. The van der Waals surface area contributed by atoms with E-state index in [9.17, 15) is 115 Å². The summed E-state index contributed by atoms with van der Waals surface area (Å²) in [5.74, 6) is -81.8. The molecule has 0 aliphatic carbocycles. The van der Waals surface area contributed by atoms with Crippen molar-refractivity contribution in [3.8, 4) is 0 Å². The SMILES string of the molecule is C[NH+](C)CCSC(CC(=O)OCC(F)(F)C(F)(F)C(F)(F)C(F)(F)C(F)(F)C(F)F)C(=O)OCC(F)(F)C(F)(F)C(F)(F)C(F)(F)C(F)(F)C(F)F.[I-]. The van der Waals surface area contributed by atoms with E-state index in [0.717, 1.165) is 0 Å². The number of carbonyl (C=O) groups is 2. The Morgan fingerprint density at radius 3 is 1.17 bits per heavy atom. The van der Waals surface area contributed by atoms with Crippen LogP contribution in [0.4, 0.5) is 105 Å². The van der Waals surface area contributed by atoms with Crippen molar-refractivity contribution in [2.75, 3.05) is 39.6 Å². The van der Waals surface area contributed by atoms with E-state index < -0.39 is 115 Å². The summed E-state index contributed by atoms with van der Waals surface area (Å²) in [7, 11) is 2.66. The molecule has 0 saturated heterocycles. The normalized spacial score (nSPS) is 15.5. The summed E-state index contributed by atoms with van der Waals surface area (Å²) in [6, 6.07) is 0. The van der Waals surface area contributed by atoms with Gasteiger partial charge in [-0.1, -0.05) is 0 Å². The van der Waals surface area contributed by atoms with Crippen LogP contribution in [0.1, 0.15) is 6.42 Å². The predicted octanol–water partition coefficient (Wildman–Crippen LogP) is 3.60. The van der Waals surface area contributed by atoms with E-state index in [1.165, 1.54) is 14.1 Å². The Morgan fingerprint density at radius 2 is 0.868 bits per heavy atom. The van der Waals surface area contributed by atoms with Gasteiger partial charge in [0.15, 0.2) is 13.2 Å². The maximum absolute atomic E-state index is 14.0. The van der Waals surface area contributed by atoms with Gasteiger partial charge in [0.2, 0.25) is 0 Å². The minimum Gasteiger partial charge on any atom is -1.00 e. The molecule has 0 bridgehead atoms. The molecule has 0 amide bonds. The number of nitrogens with one attached hydrogen (secondary N) is 1. The van der Waals surface area contributed by atoms with Crippen molar-refractivity contribution < 1.29 is 153 Å². The van der Waals surface area contributed by atoms with Gasteiger partial charge in [-0.15, -0.1) is 11.8 Å². The van der Waals surface area contributed by atoms with Crippen molar-refractivity contribution in [2.24, 2.45) is 0 Å². The zero-order valence-corrected chi connectivity index (χ0v) is 28.2. The first kappa shape index (κ1) is 53.4. The molecule has 0 rings (SSSR count). The van der Waals surface area contributed by atoms with Crippen LogP contribution in [0.5, 0.6) is 0 Å². The molecule has 0 fully saturated rings. The summed E-state index contributed by atoms with van der Waals surface area (Å²) in [5.41, 5.74) is 0. The zero-order chi connectivity index (χ0) is 42.1. The van der Waals surface area contributed by atoms with Crippen LogP contribution in [-0.4, -0.2) is 129 Å². The van der Waals surface area contributed by atoms with Crippen molar-refractivity contribution in [3.63, 3.8) is 0 Å². The summed E-state index contributed by atoms with van der Waals surface area (Å²) in [4.78, 5) is 24.5. The summed E-state index contributed by atoms with van der Waals surface area (Å²) >= 11 is -0.0758.